The molecule has 0 bridgehead atoms. The average Bonchev–Trinajstić information content (AvgIpc) is 2.49. The van der Waals surface area contributed by atoms with Gasteiger partial charge in [0.1, 0.15) is 0 Å². The quantitative estimate of drug-likeness (QED) is 0.721. The Balaban J connectivity index is 2.68. The van der Waals surface area contributed by atoms with Gasteiger partial charge in [0.25, 0.3) is 0 Å². The summed E-state index contributed by atoms with van der Waals surface area (Å²) in [5.41, 5.74) is 5.77. The first-order chi connectivity index (χ1) is 5.77. The van der Waals surface area contributed by atoms with E-state index in [9.17, 15) is 4.79 Å². The van der Waals surface area contributed by atoms with Gasteiger partial charge < -0.3 is 0 Å². The van der Waals surface area contributed by atoms with Crippen LogP contribution in [0.1, 0.15) is 10.4 Å². The van der Waals surface area contributed by atoms with Crippen LogP contribution in [0.2, 0.25) is 0 Å². The van der Waals surface area contributed by atoms with Crippen molar-refractivity contribution in [1.29, 1.82) is 0 Å². The molecule has 2 nitrogen and oxygen atoms in total. The van der Waals surface area contributed by atoms with E-state index in [0.29, 0.717) is 20.1 Å². The Labute approximate surface area is 75.7 Å². The molecule has 3 heteroatoms. The summed E-state index contributed by atoms with van der Waals surface area (Å²) in [6, 6.07) is 7.69. The fourth-order valence-corrected chi connectivity index (χ4v) is 2.85. The number of nitrogens with two attached hydrogens (primary N) is 1. The van der Waals surface area contributed by atoms with Crippen LogP contribution in [0.25, 0.3) is 9.65 Å². The molecule has 0 aliphatic carbocycles. The molecular formula is C9H7NOSe. The first kappa shape index (κ1) is 7.59. The molecule has 0 aliphatic rings. The minimum absolute atomic E-state index is 0.347. The summed E-state index contributed by atoms with van der Waals surface area (Å²) >= 11 is 0.390. The Morgan fingerprint density at radius 1 is 1.33 bits per heavy atom. The topological polar surface area (TPSA) is 43.1 Å². The molecule has 2 N–H and O–H groups in total. The number of amides is 1. The molecule has 1 aromatic carbocycles. The van der Waals surface area contributed by atoms with Crippen LogP contribution in [0.5, 0.6) is 0 Å². The van der Waals surface area contributed by atoms with Crippen LogP contribution < -0.4 is 5.73 Å². The Morgan fingerprint density at radius 2 is 2.17 bits per heavy atom. The van der Waals surface area contributed by atoms with E-state index < -0.39 is 0 Å². The molecule has 0 saturated carbocycles. The molecule has 2 aromatic rings. The zero-order chi connectivity index (χ0) is 8.55. The van der Waals surface area contributed by atoms with Gasteiger partial charge in [-0.25, -0.2) is 0 Å². The molecule has 0 fully saturated rings. The maximum atomic E-state index is 10.8. The van der Waals surface area contributed by atoms with Gasteiger partial charge in [-0.15, -0.1) is 0 Å². The van der Waals surface area contributed by atoms with Crippen molar-refractivity contribution in [1.82, 2.24) is 0 Å². The Bertz CT molecular complexity index is 433. The summed E-state index contributed by atoms with van der Waals surface area (Å²) in [5.74, 6) is -0.347. The second kappa shape index (κ2) is 2.77. The van der Waals surface area contributed by atoms with Gasteiger partial charge in [-0.05, 0) is 0 Å². The number of rotatable bonds is 1. The van der Waals surface area contributed by atoms with Crippen molar-refractivity contribution in [3.63, 3.8) is 0 Å². The third-order valence-corrected chi connectivity index (χ3v) is 3.59. The molecular weight excluding hydrogens is 217 g/mol. The molecule has 0 radical (unpaired) electrons. The number of hydrogen-bond donors (Lipinski definition) is 1. The third kappa shape index (κ3) is 1.17. The van der Waals surface area contributed by atoms with E-state index in [4.69, 9.17) is 5.73 Å². The number of benzene rings is 1. The second-order valence-electron chi connectivity index (χ2n) is 2.54. The van der Waals surface area contributed by atoms with Crippen LogP contribution in [0.4, 0.5) is 0 Å². The maximum absolute atomic E-state index is 10.8. The summed E-state index contributed by atoms with van der Waals surface area (Å²) in [6.45, 7) is 0. The molecule has 1 aromatic heterocycles. The van der Waals surface area contributed by atoms with Crippen LogP contribution >= 0.6 is 0 Å². The molecule has 0 atom stereocenters. The van der Waals surface area contributed by atoms with Gasteiger partial charge in [-0.1, -0.05) is 0 Å². The Morgan fingerprint density at radius 3 is 2.92 bits per heavy atom. The first-order valence-electron chi connectivity index (χ1n) is 3.54. The van der Waals surface area contributed by atoms with Crippen LogP contribution in [0, 0.1) is 0 Å². The van der Waals surface area contributed by atoms with Crippen molar-refractivity contribution >= 4 is 30.1 Å². The van der Waals surface area contributed by atoms with Gasteiger partial charge in [0, 0.05) is 0 Å². The molecule has 0 saturated heterocycles. The van der Waals surface area contributed by atoms with Crippen molar-refractivity contribution in [2.75, 3.05) is 0 Å². The van der Waals surface area contributed by atoms with Crippen LogP contribution in [-0.4, -0.2) is 20.4 Å². The summed E-state index contributed by atoms with van der Waals surface area (Å²) in [5, 5.41) is 1.22. The van der Waals surface area contributed by atoms with E-state index in [-0.39, 0.29) is 5.91 Å². The molecule has 0 unspecified atom stereocenters. The summed E-state index contributed by atoms with van der Waals surface area (Å²) in [7, 11) is 0. The van der Waals surface area contributed by atoms with Crippen LogP contribution in [0.15, 0.2) is 29.2 Å². The van der Waals surface area contributed by atoms with Gasteiger partial charge in [0.15, 0.2) is 0 Å². The third-order valence-electron chi connectivity index (χ3n) is 1.74. The standard InChI is InChI=1S/C9H7NOSe/c10-9(11)7-2-1-6-3-4-12-8(6)5-7/h1-5H,(H2,10,11). The molecule has 0 aliphatic heterocycles. The van der Waals surface area contributed by atoms with E-state index >= 15 is 0 Å². The van der Waals surface area contributed by atoms with Crippen molar-refractivity contribution in [2.24, 2.45) is 5.73 Å². The predicted molar refractivity (Wildman–Crippen MR) is 49.4 cm³/mol. The van der Waals surface area contributed by atoms with Crippen LogP contribution in [0.3, 0.4) is 0 Å². The fraction of sp³-hybridized carbons (Fsp3) is 0. The number of carbonyl (C=O) groups excluding carboxylic acids is 1. The van der Waals surface area contributed by atoms with Gasteiger partial charge >= 0.3 is 75.4 Å². The zero-order valence-electron chi connectivity index (χ0n) is 6.28. The van der Waals surface area contributed by atoms with Crippen molar-refractivity contribution in [3.8, 4) is 0 Å². The van der Waals surface area contributed by atoms with E-state index in [1.807, 2.05) is 12.1 Å². The zero-order valence-corrected chi connectivity index (χ0v) is 7.99. The van der Waals surface area contributed by atoms with E-state index in [2.05, 4.69) is 11.0 Å². The molecule has 12 heavy (non-hydrogen) atoms. The summed E-state index contributed by atoms with van der Waals surface area (Å²) in [4.78, 5) is 13.0. The second-order valence-corrected chi connectivity index (χ2v) is 4.53. The van der Waals surface area contributed by atoms with Crippen molar-refractivity contribution in [3.05, 3.63) is 34.8 Å². The fourth-order valence-electron chi connectivity index (χ4n) is 1.11. The Kier molecular flexibility index (Phi) is 1.75. The van der Waals surface area contributed by atoms with Gasteiger partial charge in [-0.3, -0.25) is 0 Å². The van der Waals surface area contributed by atoms with Gasteiger partial charge in [-0.2, -0.15) is 0 Å². The van der Waals surface area contributed by atoms with Crippen LogP contribution in [-0.2, 0) is 0 Å². The van der Waals surface area contributed by atoms with Gasteiger partial charge in [0.05, 0.1) is 0 Å². The van der Waals surface area contributed by atoms with Crippen molar-refractivity contribution in [2.45, 2.75) is 0 Å². The molecule has 1 amide bonds. The van der Waals surface area contributed by atoms with Crippen molar-refractivity contribution < 1.29 is 4.79 Å². The monoisotopic (exact) mass is 225 g/mol. The number of hydrogen-bond acceptors (Lipinski definition) is 1. The molecule has 60 valence electrons. The number of fused-ring (bicyclic) bond motifs is 1. The summed E-state index contributed by atoms with van der Waals surface area (Å²) < 4.78 is 1.25. The normalized spacial score (nSPS) is 10.3. The van der Waals surface area contributed by atoms with E-state index in [1.165, 1.54) is 9.65 Å². The number of primary amides is 1. The molecule has 2 rings (SSSR count). The molecule has 1 heterocycles. The molecule has 0 spiro atoms. The SMILES string of the molecule is NC(=O)c1ccc2cc[se]c2c1. The Hall–Kier alpha value is -1.05. The average molecular weight is 224 g/mol. The van der Waals surface area contributed by atoms with E-state index in [0.717, 1.165) is 0 Å². The minimum atomic E-state index is -0.347. The predicted octanol–water partition coefficient (Wildman–Crippen LogP) is 0.996. The van der Waals surface area contributed by atoms with E-state index in [1.54, 1.807) is 6.07 Å². The summed E-state index contributed by atoms with van der Waals surface area (Å²) in [6.07, 6.45) is 0. The first-order valence-corrected chi connectivity index (χ1v) is 5.39. The number of carbonyl (C=O) groups is 1. The van der Waals surface area contributed by atoms with Gasteiger partial charge in [0.2, 0.25) is 0 Å².